The van der Waals surface area contributed by atoms with E-state index in [0.29, 0.717) is 30.9 Å². The summed E-state index contributed by atoms with van der Waals surface area (Å²) in [6.07, 6.45) is 0.397. The van der Waals surface area contributed by atoms with Crippen molar-refractivity contribution in [3.63, 3.8) is 0 Å². The first kappa shape index (κ1) is 16.8. The van der Waals surface area contributed by atoms with Crippen LogP contribution in [0.25, 0.3) is 0 Å². The van der Waals surface area contributed by atoms with Crippen LogP contribution in [0, 0.1) is 0 Å². The van der Waals surface area contributed by atoms with Gasteiger partial charge in [0.2, 0.25) is 5.91 Å². The minimum Gasteiger partial charge on any atom is -0.497 e. The van der Waals surface area contributed by atoms with Crippen LogP contribution in [0.2, 0.25) is 0 Å². The van der Waals surface area contributed by atoms with Gasteiger partial charge in [-0.05, 0) is 29.8 Å². The van der Waals surface area contributed by atoms with Crippen LogP contribution in [0.15, 0.2) is 48.5 Å². The van der Waals surface area contributed by atoms with Crippen LogP contribution in [-0.4, -0.2) is 26.7 Å². The van der Waals surface area contributed by atoms with Gasteiger partial charge in [-0.3, -0.25) is 4.79 Å². The van der Waals surface area contributed by atoms with Crippen molar-refractivity contribution in [3.8, 4) is 11.5 Å². The number of anilines is 1. The third-order valence-corrected chi connectivity index (χ3v) is 3.40. The van der Waals surface area contributed by atoms with Crippen molar-refractivity contribution in [1.82, 2.24) is 5.32 Å². The van der Waals surface area contributed by atoms with Crippen LogP contribution < -0.4 is 20.1 Å². The van der Waals surface area contributed by atoms with E-state index in [0.717, 1.165) is 11.3 Å². The third kappa shape index (κ3) is 5.30. The molecule has 0 aromatic heterocycles. The molecule has 0 aliphatic heterocycles. The minimum atomic E-state index is -0.0447. The van der Waals surface area contributed by atoms with Crippen LogP contribution in [0.3, 0.4) is 0 Å². The van der Waals surface area contributed by atoms with Crippen LogP contribution >= 0.6 is 0 Å². The molecule has 0 bridgehead atoms. The molecule has 5 heteroatoms. The van der Waals surface area contributed by atoms with Crippen LogP contribution in [0.4, 0.5) is 5.69 Å². The second-order valence-corrected chi connectivity index (χ2v) is 5.02. The molecule has 0 radical (unpaired) electrons. The van der Waals surface area contributed by atoms with Crippen LogP contribution in [-0.2, 0) is 11.3 Å². The second kappa shape index (κ2) is 8.80. The minimum absolute atomic E-state index is 0.0447. The number of ether oxygens (including phenoxy) is 2. The number of para-hydroxylation sites is 2. The molecule has 0 aliphatic carbocycles. The van der Waals surface area contributed by atoms with Crippen molar-refractivity contribution in [2.24, 2.45) is 0 Å². The largest absolute Gasteiger partial charge is 0.497 e. The van der Waals surface area contributed by atoms with Gasteiger partial charge in [0.15, 0.2) is 0 Å². The summed E-state index contributed by atoms with van der Waals surface area (Å²) >= 11 is 0. The quantitative estimate of drug-likeness (QED) is 0.736. The van der Waals surface area contributed by atoms with E-state index in [9.17, 15) is 4.79 Å². The lowest BCUT2D eigenvalue weighted by atomic mass is 10.2. The first-order valence-corrected chi connectivity index (χ1v) is 7.49. The molecule has 5 nitrogen and oxygen atoms in total. The van der Waals surface area contributed by atoms with Crippen molar-refractivity contribution in [3.05, 3.63) is 54.1 Å². The molecule has 0 unspecified atom stereocenters. The van der Waals surface area contributed by atoms with E-state index in [4.69, 9.17) is 9.47 Å². The zero-order chi connectivity index (χ0) is 16.5. The Hall–Kier alpha value is -2.53. The van der Waals surface area contributed by atoms with Gasteiger partial charge in [-0.25, -0.2) is 0 Å². The number of nitrogens with one attached hydrogen (secondary N) is 2. The molecule has 2 N–H and O–H groups in total. The van der Waals surface area contributed by atoms with E-state index < -0.39 is 0 Å². The summed E-state index contributed by atoms with van der Waals surface area (Å²) in [6.45, 7) is 1.32. The second-order valence-electron chi connectivity index (χ2n) is 5.02. The first-order chi connectivity index (χ1) is 11.2. The Morgan fingerprint density at radius 3 is 2.43 bits per heavy atom. The fraction of sp³-hybridized carbons (Fsp3) is 0.278. The number of hydrogen-bond donors (Lipinski definition) is 2. The number of carbonyl (C=O) groups is 1. The molecule has 1 amide bonds. The zero-order valence-corrected chi connectivity index (χ0v) is 13.5. The highest BCUT2D eigenvalue weighted by Crippen LogP contribution is 2.22. The van der Waals surface area contributed by atoms with Gasteiger partial charge in [0.25, 0.3) is 0 Å². The summed E-state index contributed by atoms with van der Waals surface area (Å²) in [4.78, 5) is 12.0. The maximum Gasteiger partial charge on any atom is 0.225 e. The first-order valence-electron chi connectivity index (χ1n) is 7.49. The van der Waals surface area contributed by atoms with Crippen molar-refractivity contribution >= 4 is 11.6 Å². The Morgan fingerprint density at radius 1 is 1.00 bits per heavy atom. The smallest absolute Gasteiger partial charge is 0.225 e. The van der Waals surface area contributed by atoms with Crippen LogP contribution in [0.5, 0.6) is 11.5 Å². The summed E-state index contributed by atoms with van der Waals surface area (Å²) in [5, 5.41) is 6.11. The summed E-state index contributed by atoms with van der Waals surface area (Å²) < 4.78 is 10.3. The Labute approximate surface area is 136 Å². The van der Waals surface area contributed by atoms with E-state index in [1.165, 1.54) is 0 Å². The van der Waals surface area contributed by atoms with Crippen molar-refractivity contribution < 1.29 is 14.3 Å². The van der Waals surface area contributed by atoms with Gasteiger partial charge in [0.1, 0.15) is 11.5 Å². The zero-order valence-electron chi connectivity index (χ0n) is 13.5. The van der Waals surface area contributed by atoms with E-state index in [-0.39, 0.29) is 5.91 Å². The van der Waals surface area contributed by atoms with Gasteiger partial charge in [0.05, 0.1) is 19.9 Å². The predicted molar refractivity (Wildman–Crippen MR) is 90.9 cm³/mol. The average molecular weight is 314 g/mol. The molecule has 2 aromatic carbocycles. The summed E-state index contributed by atoms with van der Waals surface area (Å²) in [6, 6.07) is 15.2. The average Bonchev–Trinajstić information content (AvgIpc) is 2.59. The molecule has 0 fully saturated rings. The molecule has 0 saturated carbocycles. The summed E-state index contributed by atoms with van der Waals surface area (Å²) in [7, 11) is 3.23. The molecular weight excluding hydrogens is 292 g/mol. The lowest BCUT2D eigenvalue weighted by molar-refractivity contribution is -0.116. The Morgan fingerprint density at radius 2 is 1.74 bits per heavy atom. The number of benzene rings is 2. The monoisotopic (exact) mass is 314 g/mol. The molecule has 2 rings (SSSR count). The third-order valence-electron chi connectivity index (χ3n) is 3.40. The lowest BCUT2D eigenvalue weighted by Crippen LogP contribution is -2.21. The summed E-state index contributed by atoms with van der Waals surface area (Å²) in [5.74, 6) is 1.45. The van der Waals surface area contributed by atoms with Gasteiger partial charge >= 0.3 is 0 Å². The molecule has 23 heavy (non-hydrogen) atoms. The van der Waals surface area contributed by atoms with E-state index in [1.807, 2.05) is 48.5 Å². The van der Waals surface area contributed by atoms with E-state index in [2.05, 4.69) is 10.6 Å². The summed E-state index contributed by atoms with van der Waals surface area (Å²) in [5.41, 5.74) is 1.84. The lowest BCUT2D eigenvalue weighted by Gasteiger charge is -2.10. The van der Waals surface area contributed by atoms with Gasteiger partial charge in [-0.15, -0.1) is 0 Å². The van der Waals surface area contributed by atoms with Crippen LogP contribution in [0.1, 0.15) is 12.0 Å². The molecule has 0 saturated heterocycles. The number of hydrogen-bond acceptors (Lipinski definition) is 4. The fourth-order valence-corrected chi connectivity index (χ4v) is 2.14. The highest BCUT2D eigenvalue weighted by Gasteiger charge is 2.06. The molecule has 2 aromatic rings. The van der Waals surface area contributed by atoms with Gasteiger partial charge in [0, 0.05) is 19.5 Å². The van der Waals surface area contributed by atoms with E-state index in [1.54, 1.807) is 14.2 Å². The highest BCUT2D eigenvalue weighted by molar-refractivity contribution is 5.92. The van der Waals surface area contributed by atoms with Crippen molar-refractivity contribution in [1.29, 1.82) is 0 Å². The van der Waals surface area contributed by atoms with Gasteiger partial charge < -0.3 is 20.1 Å². The molecule has 0 aliphatic rings. The molecule has 0 heterocycles. The molecule has 122 valence electrons. The fourth-order valence-electron chi connectivity index (χ4n) is 2.14. The number of methoxy groups -OCH3 is 2. The Balaban J connectivity index is 1.72. The van der Waals surface area contributed by atoms with Gasteiger partial charge in [-0.1, -0.05) is 24.3 Å². The molecular formula is C18H22N2O3. The normalized spacial score (nSPS) is 10.2. The van der Waals surface area contributed by atoms with Crippen molar-refractivity contribution in [2.45, 2.75) is 13.0 Å². The maximum absolute atomic E-state index is 12.0. The van der Waals surface area contributed by atoms with Gasteiger partial charge in [-0.2, -0.15) is 0 Å². The van der Waals surface area contributed by atoms with Crippen molar-refractivity contribution in [2.75, 3.05) is 26.1 Å². The highest BCUT2D eigenvalue weighted by atomic mass is 16.5. The van der Waals surface area contributed by atoms with E-state index >= 15 is 0 Å². The SMILES string of the molecule is COc1ccc(CNCCC(=O)Nc2ccccc2OC)cc1. The topological polar surface area (TPSA) is 59.6 Å². The molecule has 0 atom stereocenters. The molecule has 0 spiro atoms. The number of carbonyl (C=O) groups excluding carboxylic acids is 1. The Bertz CT molecular complexity index is 626. The maximum atomic E-state index is 12.0. The number of rotatable bonds is 8. The standard InChI is InChI=1S/C18H22N2O3/c1-22-15-9-7-14(8-10-15)13-19-12-11-18(21)20-16-5-3-4-6-17(16)23-2/h3-10,19H,11-13H2,1-2H3,(H,20,21). The predicted octanol–water partition coefficient (Wildman–Crippen LogP) is 2.82. The number of amides is 1. The Kier molecular flexibility index (Phi) is 6.44.